The lowest BCUT2D eigenvalue weighted by atomic mass is 9.83. The van der Waals surface area contributed by atoms with Gasteiger partial charge in [0.25, 0.3) is 0 Å². The Labute approximate surface area is 134 Å². The topological polar surface area (TPSA) is 28.2 Å². The van der Waals surface area contributed by atoms with Gasteiger partial charge < -0.3 is 5.32 Å². The third-order valence-electron chi connectivity index (χ3n) is 5.62. The molecule has 1 aliphatic heterocycles. The third kappa shape index (κ3) is 3.33. The number of rotatable bonds is 5. The zero-order valence-electron chi connectivity index (χ0n) is 14.5. The van der Waals surface area contributed by atoms with Gasteiger partial charge >= 0.3 is 0 Å². The molecule has 0 amide bonds. The minimum atomic E-state index is 0.237. The molecule has 2 rings (SSSR count). The van der Waals surface area contributed by atoms with Crippen LogP contribution in [0, 0.1) is 13.8 Å². The van der Waals surface area contributed by atoms with Crippen LogP contribution in [0.15, 0.2) is 0 Å². The van der Waals surface area contributed by atoms with Crippen LogP contribution < -0.4 is 5.32 Å². The van der Waals surface area contributed by atoms with Crippen LogP contribution in [0.5, 0.6) is 0 Å². The van der Waals surface area contributed by atoms with E-state index < -0.39 is 0 Å². The Morgan fingerprint density at radius 2 is 1.86 bits per heavy atom. The van der Waals surface area contributed by atoms with Crippen molar-refractivity contribution in [2.24, 2.45) is 0 Å². The van der Waals surface area contributed by atoms with E-state index in [-0.39, 0.29) is 11.1 Å². The molecule has 1 saturated heterocycles. The van der Waals surface area contributed by atoms with Crippen LogP contribution in [0.25, 0.3) is 0 Å². The highest BCUT2D eigenvalue weighted by molar-refractivity contribution is 7.11. The molecule has 1 atom stereocenters. The lowest BCUT2D eigenvalue weighted by Crippen LogP contribution is -2.68. The van der Waals surface area contributed by atoms with Crippen molar-refractivity contribution >= 4 is 11.3 Å². The summed E-state index contributed by atoms with van der Waals surface area (Å²) in [6.07, 6.45) is 3.55. The Hall–Kier alpha value is -0.450. The Balaban J connectivity index is 2.22. The van der Waals surface area contributed by atoms with E-state index in [0.717, 1.165) is 19.6 Å². The predicted molar refractivity (Wildman–Crippen MR) is 92.0 cm³/mol. The Morgan fingerprint density at radius 1 is 1.19 bits per heavy atom. The molecule has 0 saturated carbocycles. The number of aromatic nitrogens is 1. The van der Waals surface area contributed by atoms with Gasteiger partial charge in [-0.1, -0.05) is 20.8 Å². The lowest BCUT2D eigenvalue weighted by molar-refractivity contribution is 0.00271. The number of thiazole rings is 1. The zero-order chi connectivity index (χ0) is 15.7. The number of aryl methyl sites for hydroxylation is 2. The van der Waals surface area contributed by atoms with Crippen molar-refractivity contribution < 1.29 is 0 Å². The van der Waals surface area contributed by atoms with Crippen LogP contribution in [0.3, 0.4) is 0 Å². The van der Waals surface area contributed by atoms with E-state index in [1.165, 1.54) is 34.8 Å². The predicted octanol–water partition coefficient (Wildman–Crippen LogP) is 3.89. The summed E-state index contributed by atoms with van der Waals surface area (Å²) < 4.78 is 0. The summed E-state index contributed by atoms with van der Waals surface area (Å²) in [5.74, 6) is 0. The van der Waals surface area contributed by atoms with E-state index in [1.54, 1.807) is 0 Å². The van der Waals surface area contributed by atoms with E-state index in [0.29, 0.717) is 0 Å². The van der Waals surface area contributed by atoms with Gasteiger partial charge in [-0.2, -0.15) is 0 Å². The van der Waals surface area contributed by atoms with Gasteiger partial charge in [-0.3, -0.25) is 4.90 Å². The smallest absolute Gasteiger partial charge is 0.107 e. The highest BCUT2D eigenvalue weighted by Crippen LogP contribution is 2.32. The van der Waals surface area contributed by atoms with Crippen LogP contribution >= 0.6 is 11.3 Å². The fourth-order valence-electron chi connectivity index (χ4n) is 3.19. The molecular formula is C17H31N3S. The van der Waals surface area contributed by atoms with Crippen LogP contribution in [0.1, 0.15) is 62.5 Å². The quantitative estimate of drug-likeness (QED) is 0.894. The molecule has 0 bridgehead atoms. The number of nitrogens with zero attached hydrogens (tertiary/aromatic N) is 2. The van der Waals surface area contributed by atoms with Gasteiger partial charge in [0.15, 0.2) is 0 Å². The first-order valence-electron chi connectivity index (χ1n) is 8.31. The summed E-state index contributed by atoms with van der Waals surface area (Å²) in [6.45, 7) is 16.8. The summed E-state index contributed by atoms with van der Waals surface area (Å²) >= 11 is 1.86. The highest BCUT2D eigenvalue weighted by atomic mass is 32.1. The first-order valence-corrected chi connectivity index (χ1v) is 9.12. The molecule has 1 fully saturated rings. The van der Waals surface area contributed by atoms with Crippen LogP contribution in [0.2, 0.25) is 0 Å². The summed E-state index contributed by atoms with van der Waals surface area (Å²) in [7, 11) is 0. The fraction of sp³-hybridized carbons (Fsp3) is 0.824. The summed E-state index contributed by atoms with van der Waals surface area (Å²) in [5.41, 5.74) is 1.71. The molecule has 21 heavy (non-hydrogen) atoms. The molecule has 1 N–H and O–H groups in total. The van der Waals surface area contributed by atoms with Crippen LogP contribution in [-0.4, -0.2) is 34.1 Å². The second-order valence-electron chi connectivity index (χ2n) is 6.80. The normalized spacial score (nSPS) is 26.2. The molecule has 2 heterocycles. The first-order chi connectivity index (χ1) is 9.88. The third-order valence-corrected chi connectivity index (χ3v) is 6.67. The van der Waals surface area contributed by atoms with E-state index >= 15 is 0 Å². The van der Waals surface area contributed by atoms with Crippen molar-refractivity contribution in [1.82, 2.24) is 15.2 Å². The van der Waals surface area contributed by atoms with E-state index in [9.17, 15) is 0 Å². The average Bonchev–Trinajstić information content (AvgIpc) is 2.80. The summed E-state index contributed by atoms with van der Waals surface area (Å²) in [5, 5.41) is 5.12. The molecule has 1 aliphatic rings. The van der Waals surface area contributed by atoms with Gasteiger partial charge in [-0.25, -0.2) is 4.98 Å². The average molecular weight is 310 g/mol. The van der Waals surface area contributed by atoms with Crippen LogP contribution in [-0.2, 0) is 6.54 Å². The van der Waals surface area contributed by atoms with Crippen molar-refractivity contribution in [3.63, 3.8) is 0 Å². The maximum absolute atomic E-state index is 4.76. The van der Waals surface area contributed by atoms with Crippen molar-refractivity contribution in [3.05, 3.63) is 15.6 Å². The largest absolute Gasteiger partial charge is 0.308 e. The Morgan fingerprint density at radius 3 is 2.33 bits per heavy atom. The zero-order valence-corrected chi connectivity index (χ0v) is 15.4. The summed E-state index contributed by atoms with van der Waals surface area (Å²) in [4.78, 5) is 8.79. The number of hydrogen-bond donors (Lipinski definition) is 1. The van der Waals surface area contributed by atoms with Gasteiger partial charge in [0.1, 0.15) is 5.01 Å². The standard InChI is InChI=1S/C17H31N3S/c1-7-16(6)11-18-17(8-2,9-3)12-20(16)10-15-19-13(4)14(5)21-15/h18H,7-12H2,1-6H3. The second kappa shape index (κ2) is 6.35. The molecule has 0 aromatic carbocycles. The van der Waals surface area contributed by atoms with Gasteiger partial charge in [-0.15, -0.1) is 11.3 Å². The number of piperazine rings is 1. The molecule has 1 aromatic heterocycles. The molecule has 0 aliphatic carbocycles. The maximum atomic E-state index is 4.76. The summed E-state index contributed by atoms with van der Waals surface area (Å²) in [6, 6.07) is 0. The SMILES string of the molecule is CCC1(CC)CN(Cc2nc(C)c(C)s2)C(C)(CC)CN1. The van der Waals surface area contributed by atoms with Crippen molar-refractivity contribution in [3.8, 4) is 0 Å². The number of hydrogen-bond acceptors (Lipinski definition) is 4. The second-order valence-corrected chi connectivity index (χ2v) is 8.08. The van der Waals surface area contributed by atoms with E-state index in [1.807, 2.05) is 11.3 Å². The van der Waals surface area contributed by atoms with Crippen molar-refractivity contribution in [2.45, 2.75) is 78.4 Å². The maximum Gasteiger partial charge on any atom is 0.107 e. The Bertz CT molecular complexity index is 459. The lowest BCUT2D eigenvalue weighted by Gasteiger charge is -2.53. The molecule has 120 valence electrons. The molecule has 4 heteroatoms. The molecule has 1 aromatic rings. The minimum Gasteiger partial charge on any atom is -0.308 e. The van der Waals surface area contributed by atoms with E-state index in [4.69, 9.17) is 4.98 Å². The highest BCUT2D eigenvalue weighted by Gasteiger charge is 2.42. The van der Waals surface area contributed by atoms with Crippen molar-refractivity contribution in [1.29, 1.82) is 0 Å². The molecule has 1 unspecified atom stereocenters. The minimum absolute atomic E-state index is 0.237. The van der Waals surface area contributed by atoms with Crippen LogP contribution in [0.4, 0.5) is 0 Å². The fourth-order valence-corrected chi connectivity index (χ4v) is 4.14. The first kappa shape index (κ1) is 16.9. The van der Waals surface area contributed by atoms with Gasteiger partial charge in [0, 0.05) is 29.0 Å². The van der Waals surface area contributed by atoms with E-state index in [2.05, 4.69) is 51.8 Å². The molecule has 0 spiro atoms. The number of nitrogens with one attached hydrogen (secondary N) is 1. The Kier molecular flexibility index (Phi) is 5.11. The van der Waals surface area contributed by atoms with Gasteiger partial charge in [0.05, 0.1) is 12.2 Å². The molecule has 0 radical (unpaired) electrons. The molecular weight excluding hydrogens is 278 g/mol. The van der Waals surface area contributed by atoms with Crippen molar-refractivity contribution in [2.75, 3.05) is 13.1 Å². The van der Waals surface area contributed by atoms with Gasteiger partial charge in [-0.05, 0) is 40.0 Å². The van der Waals surface area contributed by atoms with Gasteiger partial charge in [0.2, 0.25) is 0 Å². The molecule has 3 nitrogen and oxygen atoms in total. The monoisotopic (exact) mass is 309 g/mol.